The number of nitro groups is 1. The van der Waals surface area contributed by atoms with Crippen LogP contribution in [0.3, 0.4) is 0 Å². The molecule has 1 heterocycles. The number of hydrogen-bond acceptors (Lipinski definition) is 6. The fraction of sp³-hybridized carbons (Fsp3) is 0.538. The quantitative estimate of drug-likeness (QED) is 0.492. The largest absolute Gasteiger partial charge is 0.363 e. The van der Waals surface area contributed by atoms with Crippen LogP contribution in [-0.4, -0.2) is 42.0 Å². The number of hydrazine groups is 1. The lowest BCUT2D eigenvalue weighted by Gasteiger charge is -2.40. The molecule has 0 saturated carbocycles. The van der Waals surface area contributed by atoms with Crippen LogP contribution in [0.5, 0.6) is 0 Å². The van der Waals surface area contributed by atoms with Crippen molar-refractivity contribution >= 4 is 17.1 Å². The fourth-order valence-electron chi connectivity index (χ4n) is 2.78. The van der Waals surface area contributed by atoms with Crippen LogP contribution in [0.2, 0.25) is 0 Å². The molecule has 0 aliphatic carbocycles. The second-order valence-electron chi connectivity index (χ2n) is 5.00. The molecule has 0 bridgehead atoms. The molecule has 1 unspecified atom stereocenters. The molecular formula is C13H21N5O2. The zero-order chi connectivity index (χ0) is 14.7. The van der Waals surface area contributed by atoms with Gasteiger partial charge in [-0.1, -0.05) is 13.0 Å². The number of nitrogen functional groups attached to an aromatic ring is 1. The third kappa shape index (κ3) is 2.68. The molecule has 7 heteroatoms. The van der Waals surface area contributed by atoms with Crippen molar-refractivity contribution in [2.75, 3.05) is 36.5 Å². The van der Waals surface area contributed by atoms with E-state index in [0.717, 1.165) is 26.2 Å². The number of piperazine rings is 1. The maximum absolute atomic E-state index is 11.3. The van der Waals surface area contributed by atoms with Crippen molar-refractivity contribution in [3.63, 3.8) is 0 Å². The van der Waals surface area contributed by atoms with Crippen LogP contribution in [-0.2, 0) is 0 Å². The number of nitrogens with zero attached hydrogens (tertiary/aromatic N) is 3. The number of rotatable bonds is 4. The molecule has 1 aliphatic heterocycles. The van der Waals surface area contributed by atoms with Crippen molar-refractivity contribution in [3.05, 3.63) is 28.3 Å². The molecule has 0 amide bonds. The summed E-state index contributed by atoms with van der Waals surface area (Å²) >= 11 is 0. The summed E-state index contributed by atoms with van der Waals surface area (Å²) in [4.78, 5) is 15.4. The molecule has 0 radical (unpaired) electrons. The summed E-state index contributed by atoms with van der Waals surface area (Å²) in [6.07, 6.45) is 0. The van der Waals surface area contributed by atoms with Crippen molar-refractivity contribution in [3.8, 4) is 0 Å². The number of para-hydroxylation sites is 1. The Balaban J connectivity index is 2.31. The molecule has 1 saturated heterocycles. The predicted molar refractivity (Wildman–Crippen MR) is 79.8 cm³/mol. The zero-order valence-electron chi connectivity index (χ0n) is 11.9. The Hall–Kier alpha value is -1.86. The average molecular weight is 279 g/mol. The number of nitrogens with two attached hydrogens (primary N) is 1. The van der Waals surface area contributed by atoms with Gasteiger partial charge in [-0.2, -0.15) is 0 Å². The average Bonchev–Trinajstić information content (AvgIpc) is 2.46. The predicted octanol–water partition coefficient (Wildman–Crippen LogP) is 1.41. The molecule has 0 aromatic heterocycles. The van der Waals surface area contributed by atoms with Gasteiger partial charge in [-0.3, -0.25) is 20.9 Å². The van der Waals surface area contributed by atoms with Gasteiger partial charge in [0.2, 0.25) is 0 Å². The highest BCUT2D eigenvalue weighted by Gasteiger charge is 2.28. The normalized spacial score (nSPS) is 19.9. The van der Waals surface area contributed by atoms with Gasteiger partial charge in [0.1, 0.15) is 11.4 Å². The topological polar surface area (TPSA) is 87.7 Å². The highest BCUT2D eigenvalue weighted by Crippen LogP contribution is 2.35. The Morgan fingerprint density at radius 3 is 2.80 bits per heavy atom. The standard InChI is InChI=1S/C13H21N5O2/c1-3-16-7-8-17(9-10(16)2)12-6-4-5-11(15-14)13(12)18(19)20/h4-6,10,15H,3,7-9,14H2,1-2H3. The van der Waals surface area contributed by atoms with Crippen molar-refractivity contribution in [1.29, 1.82) is 0 Å². The zero-order valence-corrected chi connectivity index (χ0v) is 11.9. The van der Waals surface area contributed by atoms with E-state index in [4.69, 9.17) is 5.84 Å². The minimum atomic E-state index is -0.374. The summed E-state index contributed by atoms with van der Waals surface area (Å²) in [5.41, 5.74) is 3.43. The van der Waals surface area contributed by atoms with Crippen LogP contribution in [0.1, 0.15) is 13.8 Å². The Kier molecular flexibility index (Phi) is 4.41. The maximum Gasteiger partial charge on any atom is 0.316 e. The van der Waals surface area contributed by atoms with Gasteiger partial charge in [0, 0.05) is 25.7 Å². The van der Waals surface area contributed by atoms with Crippen LogP contribution < -0.4 is 16.2 Å². The lowest BCUT2D eigenvalue weighted by Crippen LogP contribution is -2.51. The first-order chi connectivity index (χ1) is 9.58. The van der Waals surface area contributed by atoms with Gasteiger partial charge in [-0.25, -0.2) is 0 Å². The van der Waals surface area contributed by atoms with E-state index < -0.39 is 0 Å². The Morgan fingerprint density at radius 2 is 2.25 bits per heavy atom. The van der Waals surface area contributed by atoms with E-state index in [9.17, 15) is 10.1 Å². The van der Waals surface area contributed by atoms with Crippen LogP contribution in [0, 0.1) is 10.1 Å². The van der Waals surface area contributed by atoms with Crippen molar-refractivity contribution in [2.24, 2.45) is 5.84 Å². The monoisotopic (exact) mass is 279 g/mol. The van der Waals surface area contributed by atoms with Crippen molar-refractivity contribution in [2.45, 2.75) is 19.9 Å². The van der Waals surface area contributed by atoms with Gasteiger partial charge in [0.05, 0.1) is 4.92 Å². The fourth-order valence-corrected chi connectivity index (χ4v) is 2.78. The number of benzene rings is 1. The third-order valence-corrected chi connectivity index (χ3v) is 3.86. The van der Waals surface area contributed by atoms with Crippen LogP contribution >= 0.6 is 0 Å². The van der Waals surface area contributed by atoms with Gasteiger partial charge in [0.15, 0.2) is 0 Å². The maximum atomic E-state index is 11.3. The highest BCUT2D eigenvalue weighted by atomic mass is 16.6. The number of anilines is 2. The van der Waals surface area contributed by atoms with Gasteiger partial charge < -0.3 is 10.3 Å². The molecule has 110 valence electrons. The Labute approximate surface area is 118 Å². The van der Waals surface area contributed by atoms with Gasteiger partial charge in [-0.05, 0) is 25.6 Å². The second-order valence-corrected chi connectivity index (χ2v) is 5.00. The number of nitro benzene ring substituents is 1. The van der Waals surface area contributed by atoms with E-state index in [0.29, 0.717) is 17.4 Å². The first kappa shape index (κ1) is 14.5. The van der Waals surface area contributed by atoms with Crippen molar-refractivity contribution < 1.29 is 4.92 Å². The Bertz CT molecular complexity index is 494. The molecule has 1 aromatic carbocycles. The molecule has 1 atom stereocenters. The number of likely N-dealkylation sites (N-methyl/N-ethyl adjacent to an activating group) is 1. The Morgan fingerprint density at radius 1 is 1.50 bits per heavy atom. The van der Waals surface area contributed by atoms with E-state index in [1.54, 1.807) is 18.2 Å². The molecule has 1 aliphatic rings. The summed E-state index contributed by atoms with van der Waals surface area (Å²) in [6.45, 7) is 7.76. The molecular weight excluding hydrogens is 258 g/mol. The first-order valence-corrected chi connectivity index (χ1v) is 6.81. The molecule has 1 fully saturated rings. The smallest absolute Gasteiger partial charge is 0.316 e. The lowest BCUT2D eigenvalue weighted by atomic mass is 10.1. The lowest BCUT2D eigenvalue weighted by molar-refractivity contribution is -0.383. The van der Waals surface area contributed by atoms with Crippen LogP contribution in [0.25, 0.3) is 0 Å². The van der Waals surface area contributed by atoms with Gasteiger partial charge in [0.25, 0.3) is 0 Å². The van der Waals surface area contributed by atoms with Crippen molar-refractivity contribution in [1.82, 2.24) is 4.90 Å². The third-order valence-electron chi connectivity index (χ3n) is 3.86. The highest BCUT2D eigenvalue weighted by molar-refractivity contribution is 5.76. The molecule has 0 spiro atoms. The first-order valence-electron chi connectivity index (χ1n) is 6.81. The molecule has 3 N–H and O–H groups in total. The van der Waals surface area contributed by atoms with E-state index in [2.05, 4.69) is 29.1 Å². The summed E-state index contributed by atoms with van der Waals surface area (Å²) in [5.74, 6) is 5.38. The SMILES string of the molecule is CCN1CCN(c2cccc(NN)c2[N+](=O)[O-])CC1C. The molecule has 7 nitrogen and oxygen atoms in total. The molecule has 1 aromatic rings. The van der Waals surface area contributed by atoms with E-state index in [1.807, 2.05) is 0 Å². The van der Waals surface area contributed by atoms with Gasteiger partial charge >= 0.3 is 5.69 Å². The van der Waals surface area contributed by atoms with E-state index in [1.165, 1.54) is 0 Å². The van der Waals surface area contributed by atoms with E-state index in [-0.39, 0.29) is 10.6 Å². The number of hydrogen-bond donors (Lipinski definition) is 2. The summed E-state index contributed by atoms with van der Waals surface area (Å²) in [5, 5.41) is 11.3. The van der Waals surface area contributed by atoms with Crippen LogP contribution in [0.15, 0.2) is 18.2 Å². The summed E-state index contributed by atoms with van der Waals surface area (Å²) < 4.78 is 0. The number of nitrogens with one attached hydrogen (secondary N) is 1. The van der Waals surface area contributed by atoms with Gasteiger partial charge in [-0.15, -0.1) is 0 Å². The minimum absolute atomic E-state index is 0.0483. The molecule has 20 heavy (non-hydrogen) atoms. The minimum Gasteiger partial charge on any atom is -0.363 e. The second kappa shape index (κ2) is 6.06. The summed E-state index contributed by atoms with van der Waals surface area (Å²) in [7, 11) is 0. The van der Waals surface area contributed by atoms with E-state index >= 15 is 0 Å². The molecule has 2 rings (SSSR count). The van der Waals surface area contributed by atoms with Crippen LogP contribution in [0.4, 0.5) is 17.1 Å². The summed E-state index contributed by atoms with van der Waals surface area (Å²) in [6, 6.07) is 5.57.